The summed E-state index contributed by atoms with van der Waals surface area (Å²) in [5.74, 6) is -0.920. The topological polar surface area (TPSA) is 78.9 Å². The first kappa shape index (κ1) is 66.1. The summed E-state index contributed by atoms with van der Waals surface area (Å²) in [6, 6.07) is 0. The van der Waals surface area contributed by atoms with Crippen molar-refractivity contribution in [2.45, 2.75) is 264 Å². The van der Waals surface area contributed by atoms with Crippen LogP contribution in [0.15, 0.2) is 109 Å². The van der Waals surface area contributed by atoms with Gasteiger partial charge in [0.2, 0.25) is 0 Å². The highest BCUT2D eigenvalue weighted by molar-refractivity contribution is 5.71. The van der Waals surface area contributed by atoms with Crippen LogP contribution in [0.4, 0.5) is 0 Å². The van der Waals surface area contributed by atoms with Crippen molar-refractivity contribution in [2.24, 2.45) is 0 Å². The van der Waals surface area contributed by atoms with Crippen molar-refractivity contribution < 1.29 is 28.6 Å². The Balaban J connectivity index is 4.39. The van der Waals surface area contributed by atoms with E-state index < -0.39 is 6.10 Å². The zero-order valence-electron chi connectivity index (χ0n) is 45.5. The predicted octanol–water partition coefficient (Wildman–Crippen LogP) is 19.5. The Morgan fingerprint density at radius 2 is 0.557 bits per heavy atom. The smallest absolute Gasteiger partial charge is 0.306 e. The van der Waals surface area contributed by atoms with E-state index in [9.17, 15) is 14.4 Å². The average Bonchev–Trinajstić information content (AvgIpc) is 3.36. The molecule has 0 heterocycles. The second kappa shape index (κ2) is 57.6. The van der Waals surface area contributed by atoms with Crippen molar-refractivity contribution in [2.75, 3.05) is 13.2 Å². The molecule has 0 aliphatic rings. The van der Waals surface area contributed by atoms with E-state index in [1.54, 1.807) is 0 Å². The molecule has 398 valence electrons. The number of hydrogen-bond acceptors (Lipinski definition) is 6. The van der Waals surface area contributed by atoms with Gasteiger partial charge in [-0.15, -0.1) is 0 Å². The van der Waals surface area contributed by atoms with Gasteiger partial charge in [0.15, 0.2) is 6.10 Å². The minimum atomic E-state index is -0.793. The van der Waals surface area contributed by atoms with Crippen LogP contribution in [-0.4, -0.2) is 37.2 Å². The van der Waals surface area contributed by atoms with Crippen LogP contribution < -0.4 is 0 Å². The molecule has 0 aromatic rings. The van der Waals surface area contributed by atoms with Crippen LogP contribution >= 0.6 is 0 Å². The van der Waals surface area contributed by atoms with Crippen LogP contribution in [0.25, 0.3) is 0 Å². The fourth-order valence-electron chi connectivity index (χ4n) is 7.71. The number of carbonyl (C=O) groups excluding carboxylic acids is 3. The van der Waals surface area contributed by atoms with Gasteiger partial charge in [0.1, 0.15) is 13.2 Å². The van der Waals surface area contributed by atoms with Gasteiger partial charge >= 0.3 is 17.9 Å². The first-order chi connectivity index (χ1) is 34.5. The Bertz CT molecular complexity index is 1440. The van der Waals surface area contributed by atoms with E-state index in [0.29, 0.717) is 19.3 Å². The zero-order chi connectivity index (χ0) is 50.7. The molecule has 1 unspecified atom stereocenters. The molecule has 0 amide bonds. The normalized spacial score (nSPS) is 12.9. The molecule has 0 saturated heterocycles. The van der Waals surface area contributed by atoms with Crippen LogP contribution in [-0.2, 0) is 28.6 Å². The van der Waals surface area contributed by atoms with Crippen LogP contribution in [0.3, 0.4) is 0 Å². The van der Waals surface area contributed by atoms with E-state index in [2.05, 4.69) is 130 Å². The maximum atomic E-state index is 12.9. The summed E-state index contributed by atoms with van der Waals surface area (Å²) in [6.07, 6.45) is 77.9. The Labute approximate surface area is 431 Å². The molecule has 0 bridgehead atoms. The molecule has 6 nitrogen and oxygen atoms in total. The van der Waals surface area contributed by atoms with Gasteiger partial charge < -0.3 is 14.2 Å². The third-order valence-electron chi connectivity index (χ3n) is 12.0. The van der Waals surface area contributed by atoms with Crippen molar-refractivity contribution in [3.05, 3.63) is 109 Å². The highest BCUT2D eigenvalue weighted by Crippen LogP contribution is 2.14. The maximum absolute atomic E-state index is 12.9. The minimum absolute atomic E-state index is 0.0912. The summed E-state index contributed by atoms with van der Waals surface area (Å²) >= 11 is 0. The fourth-order valence-corrected chi connectivity index (χ4v) is 7.71. The highest BCUT2D eigenvalue weighted by Gasteiger charge is 2.19. The number of unbranched alkanes of at least 4 members (excludes halogenated alkanes) is 22. The first-order valence-electron chi connectivity index (χ1n) is 28.9. The van der Waals surface area contributed by atoms with Gasteiger partial charge in [-0.1, -0.05) is 226 Å². The quantitative estimate of drug-likeness (QED) is 0.0262. The van der Waals surface area contributed by atoms with Gasteiger partial charge in [-0.25, -0.2) is 0 Å². The van der Waals surface area contributed by atoms with E-state index in [4.69, 9.17) is 14.2 Å². The van der Waals surface area contributed by atoms with Gasteiger partial charge in [0.05, 0.1) is 0 Å². The molecule has 0 fully saturated rings. The van der Waals surface area contributed by atoms with Gasteiger partial charge in [0.25, 0.3) is 0 Å². The van der Waals surface area contributed by atoms with Gasteiger partial charge in [-0.05, 0) is 122 Å². The number of hydrogen-bond donors (Lipinski definition) is 0. The number of rotatable bonds is 51. The van der Waals surface area contributed by atoms with Gasteiger partial charge in [0, 0.05) is 19.3 Å². The second-order valence-corrected chi connectivity index (χ2v) is 18.8. The molecular formula is C64H106O6. The van der Waals surface area contributed by atoms with E-state index in [0.717, 1.165) is 128 Å². The van der Waals surface area contributed by atoms with Crippen molar-refractivity contribution in [1.29, 1.82) is 0 Å². The van der Waals surface area contributed by atoms with Crippen molar-refractivity contribution in [1.82, 2.24) is 0 Å². The lowest BCUT2D eigenvalue weighted by molar-refractivity contribution is -0.167. The van der Waals surface area contributed by atoms with Crippen LogP contribution in [0.5, 0.6) is 0 Å². The van der Waals surface area contributed by atoms with Crippen molar-refractivity contribution in [3.63, 3.8) is 0 Å². The Morgan fingerprint density at radius 1 is 0.300 bits per heavy atom. The Kier molecular flexibility index (Phi) is 54.4. The molecule has 0 aromatic carbocycles. The molecule has 0 radical (unpaired) electrons. The van der Waals surface area contributed by atoms with E-state index >= 15 is 0 Å². The number of esters is 3. The summed E-state index contributed by atoms with van der Waals surface area (Å²) in [6.45, 7) is 6.37. The van der Waals surface area contributed by atoms with Gasteiger partial charge in [-0.2, -0.15) is 0 Å². The predicted molar refractivity (Wildman–Crippen MR) is 302 cm³/mol. The lowest BCUT2D eigenvalue weighted by atomic mass is 10.1. The molecule has 6 heteroatoms. The van der Waals surface area contributed by atoms with Crippen molar-refractivity contribution in [3.8, 4) is 0 Å². The average molecular weight is 972 g/mol. The summed E-state index contributed by atoms with van der Waals surface area (Å²) < 4.78 is 16.8. The summed E-state index contributed by atoms with van der Waals surface area (Å²) in [4.78, 5) is 38.2. The third kappa shape index (κ3) is 55.0. The molecular weight excluding hydrogens is 865 g/mol. The van der Waals surface area contributed by atoms with Crippen LogP contribution in [0, 0.1) is 0 Å². The van der Waals surface area contributed by atoms with Gasteiger partial charge in [-0.3, -0.25) is 14.4 Å². The van der Waals surface area contributed by atoms with Crippen LogP contribution in [0.2, 0.25) is 0 Å². The van der Waals surface area contributed by atoms with E-state index in [1.807, 2.05) is 0 Å². The minimum Gasteiger partial charge on any atom is -0.462 e. The summed E-state index contributed by atoms with van der Waals surface area (Å²) in [5, 5.41) is 0. The number of allylic oxidation sites excluding steroid dienone is 18. The van der Waals surface area contributed by atoms with Crippen LogP contribution in [0.1, 0.15) is 258 Å². The molecule has 0 saturated carbocycles. The molecule has 0 spiro atoms. The molecule has 1 atom stereocenters. The number of carbonyl (C=O) groups is 3. The second-order valence-electron chi connectivity index (χ2n) is 18.8. The summed E-state index contributed by atoms with van der Waals surface area (Å²) in [5.41, 5.74) is 0. The SMILES string of the molecule is CC/C=C\C/C=C\C/C=C\C/C=C\C/C=C\CCCCCCCCCC(=O)OCC(COC(=O)CCCCCCC/C=C\CCCCC)OC(=O)CCCCCCCCC/C=C\C/C=C\C/C=C\CC. The fraction of sp³-hybridized carbons (Fsp3) is 0.672. The molecule has 0 rings (SSSR count). The van der Waals surface area contributed by atoms with Crippen molar-refractivity contribution >= 4 is 17.9 Å². The zero-order valence-corrected chi connectivity index (χ0v) is 45.5. The lowest BCUT2D eigenvalue weighted by Crippen LogP contribution is -2.30. The molecule has 0 aliphatic carbocycles. The lowest BCUT2D eigenvalue weighted by Gasteiger charge is -2.18. The summed E-state index contributed by atoms with van der Waals surface area (Å²) in [7, 11) is 0. The first-order valence-corrected chi connectivity index (χ1v) is 28.9. The number of ether oxygens (including phenoxy) is 3. The van der Waals surface area contributed by atoms with E-state index in [1.165, 1.54) is 89.9 Å². The standard InChI is InChI=1S/C64H106O6/c1-4-7-10-13-16-19-22-25-27-29-30-31-32-33-34-36-37-39-42-45-48-51-54-57-63(66)69-60-61(59-68-62(65)56-53-50-47-44-41-24-21-18-15-12-9-6-3)70-64(67)58-55-52-49-46-43-40-38-35-28-26-23-20-17-14-11-8-5-2/h7-8,10-11,16-21,25-28,30-31,33-34,61H,4-6,9,12-15,22-24,29,32,35-60H2,1-3H3/b10-7-,11-8-,19-16-,20-17-,21-18-,27-25-,28-26-,31-30-,34-33-. The maximum Gasteiger partial charge on any atom is 0.306 e. The Hall–Kier alpha value is -3.93. The monoisotopic (exact) mass is 971 g/mol. The highest BCUT2D eigenvalue weighted by atomic mass is 16.6. The van der Waals surface area contributed by atoms with E-state index in [-0.39, 0.29) is 31.1 Å². The molecule has 0 aliphatic heterocycles. The molecule has 0 aromatic heterocycles. The Morgan fingerprint density at radius 3 is 0.886 bits per heavy atom. The largest absolute Gasteiger partial charge is 0.462 e. The molecule has 0 N–H and O–H groups in total. The molecule has 70 heavy (non-hydrogen) atoms. The third-order valence-corrected chi connectivity index (χ3v) is 12.0.